The first-order valence-corrected chi connectivity index (χ1v) is 13.1. The lowest BCUT2D eigenvalue weighted by Crippen LogP contribution is -2.62. The predicted molar refractivity (Wildman–Crippen MR) is 127 cm³/mol. The summed E-state index contributed by atoms with van der Waals surface area (Å²) >= 11 is 0. The van der Waals surface area contributed by atoms with Crippen molar-refractivity contribution < 1.29 is 35.4 Å². The van der Waals surface area contributed by atoms with Crippen LogP contribution in [0.1, 0.15) is 79.1 Å². The summed E-state index contributed by atoms with van der Waals surface area (Å²) in [6.45, 7) is 7.59. The molecule has 0 aromatic carbocycles. The first-order valence-electron chi connectivity index (χ1n) is 13.1. The van der Waals surface area contributed by atoms with Gasteiger partial charge in [-0.1, -0.05) is 20.8 Å². The van der Waals surface area contributed by atoms with Gasteiger partial charge in [0.25, 0.3) is 0 Å². The van der Waals surface area contributed by atoms with E-state index in [0.29, 0.717) is 38.5 Å². The van der Waals surface area contributed by atoms with E-state index in [1.807, 2.05) is 20.8 Å². The lowest BCUT2D eigenvalue weighted by atomic mass is 9.45. The molecule has 194 valence electrons. The maximum Gasteiger partial charge on any atom is 0.159 e. The number of rotatable bonds is 6. The lowest BCUT2D eigenvalue weighted by Gasteiger charge is -2.60. The molecular weight excluding hydrogens is 436 g/mol. The minimum Gasteiger partial charge on any atom is -0.396 e. The molecule has 0 amide bonds. The van der Waals surface area contributed by atoms with E-state index in [-0.39, 0.29) is 42.5 Å². The molecule has 0 aromatic rings. The number of aliphatic hydroxyl groups excluding tert-OH is 4. The van der Waals surface area contributed by atoms with Crippen molar-refractivity contribution in [2.24, 2.45) is 34.5 Å². The standard InChI is InChI=1S/C27H44O7/c1-15(14-28)5-6-23(32)26(4,33)22-8-10-27(34)17-11-19(29)18-12-20(30)21(31)13-24(18,2)16(17)7-9-25(22,27)3/h11,15-16,18,20-23,28,30-34H,5-10,12-14H2,1-4H3/t15-,16-,18-,20+,21-,22-,23+,24+,25+,26+,27-/m0/s1. The number of ketones is 1. The average Bonchev–Trinajstić information content (AvgIpc) is 3.06. The van der Waals surface area contributed by atoms with Crippen LogP contribution in [0.25, 0.3) is 0 Å². The molecule has 3 saturated carbocycles. The summed E-state index contributed by atoms with van der Waals surface area (Å²) in [5, 5.41) is 64.7. The molecule has 0 bridgehead atoms. The Morgan fingerprint density at radius 3 is 2.44 bits per heavy atom. The zero-order valence-corrected chi connectivity index (χ0v) is 21.1. The SMILES string of the molecule is C[C@H](CO)CC[C@@H](O)[C@](C)(O)[C@H]1CC[C@]2(O)C3=CC(=O)[C@@H]4C[C@@H](O)[C@@H](O)C[C@]4(C)[C@H]3CC[C@]12C. The van der Waals surface area contributed by atoms with Crippen LogP contribution in [0.2, 0.25) is 0 Å². The van der Waals surface area contributed by atoms with Crippen molar-refractivity contribution >= 4 is 5.78 Å². The van der Waals surface area contributed by atoms with E-state index >= 15 is 0 Å². The molecule has 11 atom stereocenters. The highest BCUT2D eigenvalue weighted by Gasteiger charge is 2.69. The summed E-state index contributed by atoms with van der Waals surface area (Å²) in [4.78, 5) is 13.3. The fraction of sp³-hybridized carbons (Fsp3) is 0.889. The molecule has 7 nitrogen and oxygen atoms in total. The second kappa shape index (κ2) is 8.63. The molecule has 0 saturated heterocycles. The molecule has 6 N–H and O–H groups in total. The van der Waals surface area contributed by atoms with E-state index in [1.54, 1.807) is 13.0 Å². The highest BCUT2D eigenvalue weighted by atomic mass is 16.3. The quantitative estimate of drug-likeness (QED) is 0.340. The molecule has 4 aliphatic carbocycles. The van der Waals surface area contributed by atoms with Crippen molar-refractivity contribution in [2.45, 2.75) is 109 Å². The maximum atomic E-state index is 13.3. The largest absolute Gasteiger partial charge is 0.396 e. The number of fused-ring (bicyclic) bond motifs is 5. The summed E-state index contributed by atoms with van der Waals surface area (Å²) in [6.07, 6.45) is 2.65. The van der Waals surface area contributed by atoms with Crippen LogP contribution < -0.4 is 0 Å². The summed E-state index contributed by atoms with van der Waals surface area (Å²) in [7, 11) is 0. The van der Waals surface area contributed by atoms with Crippen LogP contribution in [0.3, 0.4) is 0 Å². The van der Waals surface area contributed by atoms with E-state index in [2.05, 4.69) is 0 Å². The number of allylic oxidation sites excluding steroid dienone is 1. The van der Waals surface area contributed by atoms with Crippen LogP contribution in [0.4, 0.5) is 0 Å². The van der Waals surface area contributed by atoms with E-state index in [4.69, 9.17) is 0 Å². The van der Waals surface area contributed by atoms with Gasteiger partial charge in [0.05, 0.1) is 29.5 Å². The van der Waals surface area contributed by atoms with Gasteiger partial charge in [0, 0.05) is 17.9 Å². The first-order chi connectivity index (χ1) is 15.7. The van der Waals surface area contributed by atoms with Gasteiger partial charge in [0.2, 0.25) is 0 Å². The van der Waals surface area contributed by atoms with Gasteiger partial charge in [-0.2, -0.15) is 0 Å². The molecule has 4 aliphatic rings. The van der Waals surface area contributed by atoms with Crippen molar-refractivity contribution in [1.29, 1.82) is 0 Å². The summed E-state index contributed by atoms with van der Waals surface area (Å²) in [5.41, 5.74) is -3.21. The van der Waals surface area contributed by atoms with Crippen LogP contribution in [-0.4, -0.2) is 72.5 Å². The first kappa shape index (κ1) is 26.2. The minimum absolute atomic E-state index is 0.0326. The number of hydrogen-bond donors (Lipinski definition) is 6. The zero-order valence-electron chi connectivity index (χ0n) is 21.1. The van der Waals surface area contributed by atoms with Gasteiger partial charge in [-0.05, 0) is 93.1 Å². The van der Waals surface area contributed by atoms with E-state index < -0.39 is 40.3 Å². The zero-order chi connectivity index (χ0) is 25.3. The molecule has 4 rings (SSSR count). The molecule has 0 heterocycles. The van der Waals surface area contributed by atoms with Gasteiger partial charge in [0.15, 0.2) is 5.78 Å². The third kappa shape index (κ3) is 3.65. The summed E-state index contributed by atoms with van der Waals surface area (Å²) < 4.78 is 0. The Balaban J connectivity index is 1.65. The van der Waals surface area contributed by atoms with E-state index in [9.17, 15) is 35.4 Å². The highest BCUT2D eigenvalue weighted by molar-refractivity contribution is 5.95. The molecule has 3 fully saturated rings. The number of carbonyl (C=O) groups is 1. The highest BCUT2D eigenvalue weighted by Crippen LogP contribution is 2.68. The summed E-state index contributed by atoms with van der Waals surface area (Å²) in [5.74, 6) is -0.859. The van der Waals surface area contributed by atoms with Gasteiger partial charge in [-0.25, -0.2) is 0 Å². The Hall–Kier alpha value is -0.830. The molecule has 0 radical (unpaired) electrons. The molecule has 34 heavy (non-hydrogen) atoms. The molecular formula is C27H44O7. The Labute approximate surface area is 202 Å². The minimum atomic E-state index is -1.42. The topological polar surface area (TPSA) is 138 Å². The third-order valence-corrected chi connectivity index (χ3v) is 10.7. The molecule has 0 unspecified atom stereocenters. The van der Waals surface area contributed by atoms with Gasteiger partial charge >= 0.3 is 0 Å². The Bertz CT molecular complexity index is 839. The molecule has 0 aromatic heterocycles. The van der Waals surface area contributed by atoms with Crippen molar-refractivity contribution in [2.75, 3.05) is 6.61 Å². The van der Waals surface area contributed by atoms with Gasteiger partial charge in [-0.3, -0.25) is 4.79 Å². The van der Waals surface area contributed by atoms with Crippen LogP contribution in [0.15, 0.2) is 11.6 Å². The van der Waals surface area contributed by atoms with Crippen molar-refractivity contribution in [3.63, 3.8) is 0 Å². The number of hydrogen-bond acceptors (Lipinski definition) is 7. The second-order valence-electron chi connectivity index (χ2n) is 12.7. The van der Waals surface area contributed by atoms with Crippen LogP contribution in [0, 0.1) is 34.5 Å². The van der Waals surface area contributed by atoms with Gasteiger partial charge in [-0.15, -0.1) is 0 Å². The average molecular weight is 481 g/mol. The van der Waals surface area contributed by atoms with Crippen molar-refractivity contribution in [3.05, 3.63) is 11.6 Å². The Morgan fingerprint density at radius 1 is 1.12 bits per heavy atom. The molecule has 7 heteroatoms. The Kier molecular flexibility index (Phi) is 6.66. The smallest absolute Gasteiger partial charge is 0.159 e. The fourth-order valence-corrected chi connectivity index (χ4v) is 8.37. The van der Waals surface area contributed by atoms with Crippen LogP contribution >= 0.6 is 0 Å². The Morgan fingerprint density at radius 2 is 1.79 bits per heavy atom. The van der Waals surface area contributed by atoms with Gasteiger partial charge in [0.1, 0.15) is 0 Å². The predicted octanol–water partition coefficient (Wildman–Crippen LogP) is 1.71. The third-order valence-electron chi connectivity index (χ3n) is 10.7. The van der Waals surface area contributed by atoms with Crippen molar-refractivity contribution in [3.8, 4) is 0 Å². The van der Waals surface area contributed by atoms with Gasteiger partial charge < -0.3 is 30.6 Å². The lowest BCUT2D eigenvalue weighted by molar-refractivity contribution is -0.176. The number of carbonyl (C=O) groups excluding carboxylic acids is 1. The maximum absolute atomic E-state index is 13.3. The second-order valence-corrected chi connectivity index (χ2v) is 12.7. The van der Waals surface area contributed by atoms with E-state index in [0.717, 1.165) is 12.0 Å². The van der Waals surface area contributed by atoms with Crippen molar-refractivity contribution in [1.82, 2.24) is 0 Å². The van der Waals surface area contributed by atoms with Crippen LogP contribution in [-0.2, 0) is 4.79 Å². The monoisotopic (exact) mass is 480 g/mol. The van der Waals surface area contributed by atoms with Crippen LogP contribution in [0.5, 0.6) is 0 Å². The fourth-order valence-electron chi connectivity index (χ4n) is 8.37. The van der Waals surface area contributed by atoms with E-state index in [1.165, 1.54) is 0 Å². The normalized spacial score (nSPS) is 47.6. The molecule has 0 spiro atoms. The summed E-state index contributed by atoms with van der Waals surface area (Å²) in [6, 6.07) is 0. The molecule has 0 aliphatic heterocycles. The number of aliphatic hydroxyl groups is 6.